The zero-order valence-corrected chi connectivity index (χ0v) is 17.8. The molecule has 0 radical (unpaired) electrons. The second-order valence-corrected chi connectivity index (χ2v) is 8.76. The Morgan fingerprint density at radius 3 is 2.64 bits per heavy atom. The summed E-state index contributed by atoms with van der Waals surface area (Å²) in [6.45, 7) is 10.4. The Hall–Kier alpha value is -2.28. The van der Waals surface area contributed by atoms with Crippen molar-refractivity contribution < 1.29 is 4.79 Å². The molecule has 1 saturated heterocycles. The Morgan fingerprint density at radius 1 is 1.18 bits per heavy atom. The first-order chi connectivity index (χ1) is 13.5. The lowest BCUT2D eigenvalue weighted by atomic mass is 10.1. The second kappa shape index (κ2) is 7.62. The van der Waals surface area contributed by atoms with Crippen LogP contribution in [0.5, 0.6) is 0 Å². The van der Waals surface area contributed by atoms with Crippen LogP contribution in [0.2, 0.25) is 0 Å². The highest BCUT2D eigenvalue weighted by molar-refractivity contribution is 8.18. The maximum atomic E-state index is 12.5. The second-order valence-electron chi connectivity index (χ2n) is 7.75. The molecule has 148 valence electrons. The van der Waals surface area contributed by atoms with Crippen LogP contribution >= 0.6 is 11.8 Å². The minimum atomic E-state index is -0.123. The molecule has 4 heterocycles. The Bertz CT molecular complexity index is 960. The Morgan fingerprint density at radius 2 is 1.93 bits per heavy atom. The van der Waals surface area contributed by atoms with Crippen LogP contribution < -0.4 is 0 Å². The molecule has 0 spiro atoms. The van der Waals surface area contributed by atoms with E-state index in [0.717, 1.165) is 41.0 Å². The van der Waals surface area contributed by atoms with Gasteiger partial charge in [0.05, 0.1) is 11.1 Å². The third-order valence-electron chi connectivity index (χ3n) is 5.36. The predicted octanol–water partition coefficient (Wildman–Crippen LogP) is 4.33. The highest BCUT2D eigenvalue weighted by Crippen LogP contribution is 2.33. The zero-order chi connectivity index (χ0) is 19.8. The Balaban J connectivity index is 1.63. The van der Waals surface area contributed by atoms with Crippen molar-refractivity contribution in [2.24, 2.45) is 4.99 Å². The van der Waals surface area contributed by atoms with Gasteiger partial charge in [0.1, 0.15) is 5.82 Å². The molecule has 0 atom stereocenters. The summed E-state index contributed by atoms with van der Waals surface area (Å²) in [7, 11) is 0. The topological polar surface area (TPSA) is 55.4 Å². The number of rotatable bonds is 3. The van der Waals surface area contributed by atoms with Crippen molar-refractivity contribution in [3.8, 4) is 5.82 Å². The average Bonchev–Trinajstić information content (AvgIpc) is 3.35. The first-order valence-corrected chi connectivity index (χ1v) is 10.8. The predicted molar refractivity (Wildman–Crippen MR) is 115 cm³/mol. The van der Waals surface area contributed by atoms with Gasteiger partial charge in [0, 0.05) is 36.6 Å². The number of carbonyl (C=O) groups excluding carboxylic acids is 1. The minimum Gasteiger partial charge on any atom is -0.351 e. The molecule has 2 aromatic heterocycles. The lowest BCUT2D eigenvalue weighted by Gasteiger charge is -2.27. The summed E-state index contributed by atoms with van der Waals surface area (Å²) in [5, 5.41) is 5.32. The molecule has 0 saturated carbocycles. The van der Waals surface area contributed by atoms with Gasteiger partial charge in [-0.15, -0.1) is 0 Å². The monoisotopic (exact) mass is 397 g/mol. The molecule has 1 amide bonds. The van der Waals surface area contributed by atoms with Crippen molar-refractivity contribution in [3.05, 3.63) is 40.2 Å². The number of thioether (sulfide) groups is 1. The number of hydrogen-bond donors (Lipinski definition) is 0. The van der Waals surface area contributed by atoms with E-state index in [-0.39, 0.29) is 11.9 Å². The van der Waals surface area contributed by atoms with Crippen LogP contribution in [0.3, 0.4) is 0 Å². The third-order valence-corrected chi connectivity index (χ3v) is 6.40. The molecule has 28 heavy (non-hydrogen) atoms. The maximum absolute atomic E-state index is 12.5. The molecule has 0 aromatic carbocycles. The first-order valence-electron chi connectivity index (χ1n) is 9.96. The summed E-state index contributed by atoms with van der Waals surface area (Å²) in [6.07, 6.45) is 7.45. The van der Waals surface area contributed by atoms with Crippen molar-refractivity contribution in [2.45, 2.75) is 53.0 Å². The van der Waals surface area contributed by atoms with Gasteiger partial charge in [0.25, 0.3) is 5.91 Å². The average molecular weight is 398 g/mol. The van der Waals surface area contributed by atoms with E-state index in [1.54, 1.807) is 0 Å². The number of piperidine rings is 1. The van der Waals surface area contributed by atoms with Gasteiger partial charge in [0.2, 0.25) is 0 Å². The Labute approximate surface area is 170 Å². The molecule has 0 N–H and O–H groups in total. The molecule has 2 aromatic rings. The third kappa shape index (κ3) is 3.43. The number of nitrogens with zero attached hydrogens (tertiary/aromatic N) is 5. The van der Waals surface area contributed by atoms with Crippen LogP contribution in [0, 0.1) is 13.8 Å². The fourth-order valence-electron chi connectivity index (χ4n) is 3.93. The molecule has 0 aliphatic carbocycles. The number of amides is 1. The minimum absolute atomic E-state index is 0.123. The summed E-state index contributed by atoms with van der Waals surface area (Å²) in [5.74, 6) is 0.924. The number of amidine groups is 1. The van der Waals surface area contributed by atoms with E-state index in [2.05, 4.69) is 53.3 Å². The molecule has 4 rings (SSSR count). The smallest absolute Gasteiger partial charge is 0.286 e. The van der Waals surface area contributed by atoms with E-state index in [0.29, 0.717) is 4.91 Å². The molecule has 7 heteroatoms. The standard InChI is InChI=1S/C21H27N5OS/c1-14(2)26-19(8-9-22-26)25-15(3)12-17(16(25)4)13-18-20(27)23-21(28-18)24-10-6-5-7-11-24/h8-9,12-14H,5-7,10-11H2,1-4H3/b18-13-. The van der Waals surface area contributed by atoms with E-state index in [1.165, 1.54) is 31.0 Å². The summed E-state index contributed by atoms with van der Waals surface area (Å²) in [5.41, 5.74) is 3.28. The highest BCUT2D eigenvalue weighted by Gasteiger charge is 2.27. The molecular formula is C21H27N5OS. The summed E-state index contributed by atoms with van der Waals surface area (Å²) in [4.78, 5) is 19.7. The van der Waals surface area contributed by atoms with Crippen LogP contribution in [0.1, 0.15) is 56.1 Å². The first kappa shape index (κ1) is 19.1. The van der Waals surface area contributed by atoms with Gasteiger partial charge in [0.15, 0.2) is 5.17 Å². The van der Waals surface area contributed by atoms with Gasteiger partial charge in [-0.05, 0) is 76.4 Å². The largest absolute Gasteiger partial charge is 0.351 e. The van der Waals surface area contributed by atoms with E-state index in [9.17, 15) is 4.79 Å². The van der Waals surface area contributed by atoms with Gasteiger partial charge in [-0.25, -0.2) is 4.68 Å². The van der Waals surface area contributed by atoms with Crippen molar-refractivity contribution in [1.29, 1.82) is 0 Å². The number of likely N-dealkylation sites (tertiary alicyclic amines) is 1. The number of aryl methyl sites for hydroxylation is 1. The molecular weight excluding hydrogens is 370 g/mol. The quantitative estimate of drug-likeness (QED) is 0.724. The number of hydrogen-bond acceptors (Lipinski definition) is 4. The van der Waals surface area contributed by atoms with E-state index in [1.807, 2.05) is 23.0 Å². The fourth-order valence-corrected chi connectivity index (χ4v) is 4.88. The van der Waals surface area contributed by atoms with Gasteiger partial charge in [-0.3, -0.25) is 4.79 Å². The highest BCUT2D eigenvalue weighted by atomic mass is 32.2. The van der Waals surface area contributed by atoms with Crippen molar-refractivity contribution >= 4 is 28.9 Å². The molecule has 2 aliphatic rings. The van der Waals surface area contributed by atoms with Gasteiger partial charge < -0.3 is 9.47 Å². The van der Waals surface area contributed by atoms with Gasteiger partial charge in [-0.1, -0.05) is 0 Å². The van der Waals surface area contributed by atoms with Crippen LogP contribution in [0.25, 0.3) is 11.9 Å². The van der Waals surface area contributed by atoms with Gasteiger partial charge in [-0.2, -0.15) is 10.1 Å². The summed E-state index contributed by atoms with van der Waals surface area (Å²) < 4.78 is 4.22. The number of aliphatic imine (C=N–C) groups is 1. The van der Waals surface area contributed by atoms with E-state index >= 15 is 0 Å². The van der Waals surface area contributed by atoms with E-state index < -0.39 is 0 Å². The van der Waals surface area contributed by atoms with Crippen LogP contribution in [-0.4, -0.2) is 43.4 Å². The fraction of sp³-hybridized carbons (Fsp3) is 0.476. The number of carbonyl (C=O) groups is 1. The summed E-state index contributed by atoms with van der Waals surface area (Å²) in [6, 6.07) is 4.44. The molecule has 2 aliphatic heterocycles. The van der Waals surface area contributed by atoms with Gasteiger partial charge >= 0.3 is 0 Å². The lowest BCUT2D eigenvalue weighted by molar-refractivity contribution is -0.113. The molecule has 1 fully saturated rings. The van der Waals surface area contributed by atoms with Crippen LogP contribution in [-0.2, 0) is 4.79 Å². The maximum Gasteiger partial charge on any atom is 0.286 e. The molecule has 6 nitrogen and oxygen atoms in total. The SMILES string of the molecule is Cc1cc(/C=C2\SC(N3CCCCC3)=NC2=O)c(C)n1-c1ccnn1C(C)C. The summed E-state index contributed by atoms with van der Waals surface area (Å²) >= 11 is 1.51. The van der Waals surface area contributed by atoms with Crippen molar-refractivity contribution in [3.63, 3.8) is 0 Å². The van der Waals surface area contributed by atoms with Crippen LogP contribution in [0.15, 0.2) is 28.2 Å². The normalized spacial score (nSPS) is 19.2. The van der Waals surface area contributed by atoms with Crippen molar-refractivity contribution in [1.82, 2.24) is 19.2 Å². The lowest BCUT2D eigenvalue weighted by Crippen LogP contribution is -2.33. The van der Waals surface area contributed by atoms with Crippen LogP contribution in [0.4, 0.5) is 0 Å². The molecule has 0 bridgehead atoms. The number of aromatic nitrogens is 3. The Kier molecular flexibility index (Phi) is 5.19. The molecule has 0 unspecified atom stereocenters. The zero-order valence-electron chi connectivity index (χ0n) is 17.0. The van der Waals surface area contributed by atoms with E-state index in [4.69, 9.17) is 0 Å². The van der Waals surface area contributed by atoms with Crippen molar-refractivity contribution in [2.75, 3.05) is 13.1 Å².